The van der Waals surface area contributed by atoms with Gasteiger partial charge >= 0.3 is 5.97 Å². The fourth-order valence-corrected chi connectivity index (χ4v) is 3.60. The van der Waals surface area contributed by atoms with Crippen molar-refractivity contribution in [2.45, 2.75) is 26.7 Å². The van der Waals surface area contributed by atoms with Crippen LogP contribution in [0.4, 0.5) is 5.00 Å². The molecule has 3 rings (SSSR count). The van der Waals surface area contributed by atoms with E-state index in [0.29, 0.717) is 16.1 Å². The number of hydrogen-bond acceptors (Lipinski definition) is 6. The minimum absolute atomic E-state index is 0.000543. The maximum absolute atomic E-state index is 12.5. The Kier molecular flexibility index (Phi) is 6.28. The van der Waals surface area contributed by atoms with Crippen LogP contribution in [0.15, 0.2) is 30.3 Å². The summed E-state index contributed by atoms with van der Waals surface area (Å²) >= 11 is 1.30. The fourth-order valence-electron chi connectivity index (χ4n) is 2.55. The molecule has 1 fully saturated rings. The summed E-state index contributed by atoms with van der Waals surface area (Å²) in [6, 6.07) is 8.36. The molecule has 1 aromatic carbocycles. The highest BCUT2D eigenvalue weighted by molar-refractivity contribution is 7.16. The predicted molar refractivity (Wildman–Crippen MR) is 107 cm³/mol. The SMILES string of the molecule is Cc1sc(NC(=O)C2CC2)c(C(=O)OCC(=O)NNC(=O)c2ccccc2)c1C. The zero-order valence-corrected chi connectivity index (χ0v) is 16.9. The van der Waals surface area contributed by atoms with Crippen molar-refractivity contribution >= 4 is 40.0 Å². The maximum atomic E-state index is 12.5. The number of rotatable bonds is 6. The zero-order valence-electron chi connectivity index (χ0n) is 16.0. The van der Waals surface area contributed by atoms with E-state index in [1.54, 1.807) is 37.3 Å². The van der Waals surface area contributed by atoms with Crippen LogP contribution >= 0.6 is 11.3 Å². The van der Waals surface area contributed by atoms with Crippen LogP contribution in [0.25, 0.3) is 0 Å². The van der Waals surface area contributed by atoms with Gasteiger partial charge in [0.25, 0.3) is 11.8 Å². The Bertz CT molecular complexity index is 951. The van der Waals surface area contributed by atoms with E-state index >= 15 is 0 Å². The Balaban J connectivity index is 1.54. The number of nitrogens with one attached hydrogen (secondary N) is 3. The topological polar surface area (TPSA) is 114 Å². The lowest BCUT2D eigenvalue weighted by Gasteiger charge is -2.09. The lowest BCUT2D eigenvalue weighted by atomic mass is 10.1. The molecular weight excluding hydrogens is 394 g/mol. The second-order valence-electron chi connectivity index (χ2n) is 6.70. The van der Waals surface area contributed by atoms with E-state index in [0.717, 1.165) is 17.7 Å². The Hall–Kier alpha value is -3.20. The third-order valence-electron chi connectivity index (χ3n) is 4.46. The van der Waals surface area contributed by atoms with Crippen molar-refractivity contribution in [1.29, 1.82) is 0 Å². The van der Waals surface area contributed by atoms with E-state index in [1.165, 1.54) is 11.3 Å². The molecule has 3 N–H and O–H groups in total. The number of hydrogen-bond donors (Lipinski definition) is 3. The molecular formula is C20H21N3O5S. The summed E-state index contributed by atoms with van der Waals surface area (Å²) in [6.45, 7) is 3.03. The van der Waals surface area contributed by atoms with Crippen LogP contribution in [0.5, 0.6) is 0 Å². The van der Waals surface area contributed by atoms with Gasteiger partial charge in [-0.3, -0.25) is 25.2 Å². The first-order valence-corrected chi connectivity index (χ1v) is 9.90. The van der Waals surface area contributed by atoms with Crippen molar-refractivity contribution < 1.29 is 23.9 Å². The molecule has 0 aliphatic heterocycles. The van der Waals surface area contributed by atoms with Crippen molar-refractivity contribution in [2.24, 2.45) is 5.92 Å². The normalized spacial score (nSPS) is 12.8. The lowest BCUT2D eigenvalue weighted by molar-refractivity contribution is -0.125. The Labute approximate surface area is 171 Å². The molecule has 0 saturated heterocycles. The number of aryl methyl sites for hydroxylation is 1. The number of hydrazine groups is 1. The zero-order chi connectivity index (χ0) is 21.0. The molecule has 1 heterocycles. The Morgan fingerprint density at radius 3 is 2.41 bits per heavy atom. The quantitative estimate of drug-likeness (QED) is 0.495. The molecule has 1 aliphatic carbocycles. The third kappa shape index (κ3) is 5.20. The summed E-state index contributed by atoms with van der Waals surface area (Å²) in [5.41, 5.74) is 5.77. The van der Waals surface area contributed by atoms with Gasteiger partial charge in [0.2, 0.25) is 5.91 Å². The molecule has 152 valence electrons. The number of anilines is 1. The first-order chi connectivity index (χ1) is 13.9. The van der Waals surface area contributed by atoms with Gasteiger partial charge in [-0.15, -0.1) is 11.3 Å². The van der Waals surface area contributed by atoms with E-state index in [1.807, 2.05) is 6.92 Å². The van der Waals surface area contributed by atoms with Gasteiger partial charge in [0, 0.05) is 16.4 Å². The van der Waals surface area contributed by atoms with Gasteiger partial charge in [-0.05, 0) is 44.4 Å². The standard InChI is InChI=1S/C20H21N3O5S/c1-11-12(2)29-19(21-17(25)14-8-9-14)16(11)20(27)28-10-15(24)22-23-18(26)13-6-4-3-5-7-13/h3-7,14H,8-10H2,1-2H3,(H,21,25)(H,22,24)(H,23,26). The molecule has 1 aromatic heterocycles. The average molecular weight is 415 g/mol. The molecule has 0 unspecified atom stereocenters. The monoisotopic (exact) mass is 415 g/mol. The van der Waals surface area contributed by atoms with Gasteiger partial charge in [0.1, 0.15) is 5.00 Å². The smallest absolute Gasteiger partial charge is 0.341 e. The van der Waals surface area contributed by atoms with E-state index in [-0.39, 0.29) is 17.4 Å². The summed E-state index contributed by atoms with van der Waals surface area (Å²) in [7, 11) is 0. The second-order valence-corrected chi connectivity index (χ2v) is 7.92. The van der Waals surface area contributed by atoms with Crippen LogP contribution in [-0.4, -0.2) is 30.3 Å². The predicted octanol–water partition coefficient (Wildman–Crippen LogP) is 2.33. The van der Waals surface area contributed by atoms with Crippen LogP contribution < -0.4 is 16.2 Å². The second kappa shape index (κ2) is 8.87. The summed E-state index contributed by atoms with van der Waals surface area (Å²) < 4.78 is 5.07. The summed E-state index contributed by atoms with van der Waals surface area (Å²) in [4.78, 5) is 49.2. The molecule has 3 amide bonds. The van der Waals surface area contributed by atoms with E-state index < -0.39 is 24.4 Å². The van der Waals surface area contributed by atoms with Crippen LogP contribution in [0.3, 0.4) is 0 Å². The van der Waals surface area contributed by atoms with E-state index in [4.69, 9.17) is 4.74 Å². The summed E-state index contributed by atoms with van der Waals surface area (Å²) in [5, 5.41) is 3.21. The molecule has 0 radical (unpaired) electrons. The molecule has 9 heteroatoms. The minimum Gasteiger partial charge on any atom is -0.452 e. The highest BCUT2D eigenvalue weighted by Crippen LogP contribution is 2.36. The first-order valence-electron chi connectivity index (χ1n) is 9.09. The molecule has 8 nitrogen and oxygen atoms in total. The van der Waals surface area contributed by atoms with Crippen LogP contribution in [-0.2, 0) is 14.3 Å². The molecule has 0 bridgehead atoms. The van der Waals surface area contributed by atoms with Gasteiger partial charge in [0.05, 0.1) is 5.56 Å². The molecule has 1 saturated carbocycles. The van der Waals surface area contributed by atoms with Gasteiger partial charge in [-0.2, -0.15) is 0 Å². The number of carbonyl (C=O) groups is 4. The largest absolute Gasteiger partial charge is 0.452 e. The number of ether oxygens (including phenoxy) is 1. The highest BCUT2D eigenvalue weighted by Gasteiger charge is 2.31. The number of esters is 1. The minimum atomic E-state index is -0.706. The van der Waals surface area contributed by atoms with Crippen molar-refractivity contribution in [2.75, 3.05) is 11.9 Å². The Morgan fingerprint density at radius 1 is 1.07 bits per heavy atom. The number of thiophene rings is 1. The molecule has 1 aliphatic rings. The van der Waals surface area contributed by atoms with E-state index in [9.17, 15) is 19.2 Å². The third-order valence-corrected chi connectivity index (χ3v) is 5.58. The molecule has 0 spiro atoms. The van der Waals surface area contributed by atoms with Gasteiger partial charge in [-0.25, -0.2) is 4.79 Å². The number of carbonyl (C=O) groups excluding carboxylic acids is 4. The van der Waals surface area contributed by atoms with Crippen molar-refractivity contribution in [3.63, 3.8) is 0 Å². The average Bonchev–Trinajstić information content (AvgIpc) is 3.52. The lowest BCUT2D eigenvalue weighted by Crippen LogP contribution is -2.43. The van der Waals surface area contributed by atoms with Gasteiger partial charge < -0.3 is 10.1 Å². The van der Waals surface area contributed by atoms with Crippen LogP contribution in [0.1, 0.15) is 44.0 Å². The summed E-state index contributed by atoms with van der Waals surface area (Å²) in [5.74, 6) is -1.99. The molecule has 29 heavy (non-hydrogen) atoms. The summed E-state index contributed by atoms with van der Waals surface area (Å²) in [6.07, 6.45) is 1.70. The molecule has 0 atom stereocenters. The fraction of sp³-hybridized carbons (Fsp3) is 0.300. The molecule has 2 aromatic rings. The first kappa shape index (κ1) is 20.5. The van der Waals surface area contributed by atoms with Gasteiger partial charge in [0.15, 0.2) is 6.61 Å². The highest BCUT2D eigenvalue weighted by atomic mass is 32.1. The number of benzene rings is 1. The van der Waals surface area contributed by atoms with Gasteiger partial charge in [-0.1, -0.05) is 18.2 Å². The number of amides is 3. The van der Waals surface area contributed by atoms with Crippen molar-refractivity contribution in [3.05, 3.63) is 51.9 Å². The Morgan fingerprint density at radius 2 is 1.76 bits per heavy atom. The maximum Gasteiger partial charge on any atom is 0.341 e. The van der Waals surface area contributed by atoms with E-state index in [2.05, 4.69) is 16.2 Å². The van der Waals surface area contributed by atoms with Crippen LogP contribution in [0, 0.1) is 19.8 Å². The van der Waals surface area contributed by atoms with Crippen LogP contribution in [0.2, 0.25) is 0 Å². The van der Waals surface area contributed by atoms with Crippen molar-refractivity contribution in [3.8, 4) is 0 Å². The van der Waals surface area contributed by atoms with Crippen molar-refractivity contribution in [1.82, 2.24) is 10.9 Å².